The number of halogens is 4. The Morgan fingerprint density at radius 1 is 1.15 bits per heavy atom. The Bertz CT molecular complexity index is 600. The summed E-state index contributed by atoms with van der Waals surface area (Å²) in [5.74, 6) is -0.273. The van der Waals surface area contributed by atoms with Gasteiger partial charge in [0.05, 0.1) is 5.41 Å². The van der Waals surface area contributed by atoms with Crippen LogP contribution in [0.5, 0.6) is 0 Å². The van der Waals surface area contributed by atoms with Crippen molar-refractivity contribution < 1.29 is 18.0 Å². The standard InChI is InChI=1S/C19H26F3N3O.ClH/c20-19(21,22)16(25-12-10-23-11-13-25)14-24-17(26)18(8-4-5-9-18)15-6-2-1-3-7-15;/h1-3,6-7,16,23H,4-5,8-14H2,(H,24,26);1H. The smallest absolute Gasteiger partial charge is 0.353 e. The molecule has 152 valence electrons. The van der Waals surface area contributed by atoms with Crippen molar-refractivity contribution in [1.29, 1.82) is 0 Å². The predicted molar refractivity (Wildman–Crippen MR) is 101 cm³/mol. The Balaban J connectivity index is 0.00000261. The molecule has 1 amide bonds. The molecule has 3 rings (SSSR count). The number of piperazine rings is 1. The second-order valence-electron chi connectivity index (χ2n) is 7.21. The first-order valence-electron chi connectivity index (χ1n) is 9.29. The number of hydrogen-bond acceptors (Lipinski definition) is 3. The van der Waals surface area contributed by atoms with Crippen LogP contribution in [0.4, 0.5) is 13.2 Å². The van der Waals surface area contributed by atoms with Crippen LogP contribution in [0.2, 0.25) is 0 Å². The van der Waals surface area contributed by atoms with Gasteiger partial charge in [0.15, 0.2) is 0 Å². The lowest BCUT2D eigenvalue weighted by Crippen LogP contribution is -2.58. The van der Waals surface area contributed by atoms with E-state index in [4.69, 9.17) is 0 Å². The molecular formula is C19H27ClF3N3O. The Morgan fingerprint density at radius 2 is 1.74 bits per heavy atom. The molecule has 0 aromatic heterocycles. The van der Waals surface area contributed by atoms with Crippen molar-refractivity contribution in [2.24, 2.45) is 0 Å². The van der Waals surface area contributed by atoms with Gasteiger partial charge in [0.2, 0.25) is 5.91 Å². The zero-order valence-corrected chi connectivity index (χ0v) is 16.0. The molecule has 1 aromatic carbocycles. The molecule has 27 heavy (non-hydrogen) atoms. The van der Waals surface area contributed by atoms with Gasteiger partial charge in [-0.15, -0.1) is 12.4 Å². The summed E-state index contributed by atoms with van der Waals surface area (Å²) < 4.78 is 40.6. The van der Waals surface area contributed by atoms with Crippen LogP contribution in [0, 0.1) is 0 Å². The van der Waals surface area contributed by atoms with Crippen LogP contribution < -0.4 is 10.6 Å². The molecule has 1 heterocycles. The van der Waals surface area contributed by atoms with Gasteiger partial charge in [-0.05, 0) is 18.4 Å². The maximum atomic E-state index is 13.5. The molecule has 4 nitrogen and oxygen atoms in total. The molecule has 1 aliphatic carbocycles. The molecule has 0 bridgehead atoms. The molecule has 1 saturated carbocycles. The van der Waals surface area contributed by atoms with Gasteiger partial charge in [0.25, 0.3) is 0 Å². The van der Waals surface area contributed by atoms with E-state index in [1.165, 1.54) is 4.90 Å². The summed E-state index contributed by atoms with van der Waals surface area (Å²) in [5.41, 5.74) is 0.210. The number of amides is 1. The fraction of sp³-hybridized carbons (Fsp3) is 0.632. The average Bonchev–Trinajstić information content (AvgIpc) is 3.13. The average molecular weight is 406 g/mol. The molecule has 1 aliphatic heterocycles. The highest BCUT2D eigenvalue weighted by Gasteiger charge is 2.46. The molecule has 1 saturated heterocycles. The molecular weight excluding hydrogens is 379 g/mol. The highest BCUT2D eigenvalue weighted by Crippen LogP contribution is 2.41. The first-order valence-corrected chi connectivity index (χ1v) is 9.29. The van der Waals surface area contributed by atoms with Crippen molar-refractivity contribution in [2.45, 2.75) is 43.3 Å². The number of nitrogens with one attached hydrogen (secondary N) is 2. The molecule has 0 spiro atoms. The van der Waals surface area contributed by atoms with E-state index in [-0.39, 0.29) is 18.3 Å². The maximum absolute atomic E-state index is 13.5. The lowest BCUT2D eigenvalue weighted by Gasteiger charge is -2.37. The van der Waals surface area contributed by atoms with E-state index in [1.807, 2.05) is 30.3 Å². The molecule has 1 aromatic rings. The third-order valence-electron chi connectivity index (χ3n) is 5.64. The summed E-state index contributed by atoms with van der Waals surface area (Å²) in [7, 11) is 0. The number of carbonyl (C=O) groups is 1. The minimum absolute atomic E-state index is 0. The molecule has 1 unspecified atom stereocenters. The fourth-order valence-electron chi connectivity index (χ4n) is 4.19. The number of nitrogens with zero attached hydrogens (tertiary/aromatic N) is 1. The molecule has 8 heteroatoms. The van der Waals surface area contributed by atoms with Gasteiger partial charge < -0.3 is 10.6 Å². The van der Waals surface area contributed by atoms with Gasteiger partial charge in [0, 0.05) is 32.7 Å². The molecule has 2 fully saturated rings. The summed E-state index contributed by atoms with van der Waals surface area (Å²) in [6, 6.07) is 7.81. The predicted octanol–water partition coefficient (Wildman–Crippen LogP) is 2.87. The van der Waals surface area contributed by atoms with E-state index in [0.717, 1.165) is 18.4 Å². The van der Waals surface area contributed by atoms with Gasteiger partial charge in [-0.2, -0.15) is 13.2 Å². The van der Waals surface area contributed by atoms with Crippen LogP contribution >= 0.6 is 12.4 Å². The molecule has 0 radical (unpaired) electrons. The lowest BCUT2D eigenvalue weighted by atomic mass is 9.78. The normalized spacial score (nSPS) is 21.3. The SMILES string of the molecule is Cl.O=C(NCC(N1CCNCC1)C(F)(F)F)C1(c2ccccc2)CCCC1. The van der Waals surface area contributed by atoms with E-state index in [0.29, 0.717) is 39.0 Å². The minimum Gasteiger partial charge on any atom is -0.353 e. The van der Waals surface area contributed by atoms with Crippen molar-refractivity contribution in [3.8, 4) is 0 Å². The topological polar surface area (TPSA) is 44.4 Å². The minimum atomic E-state index is -4.36. The summed E-state index contributed by atoms with van der Waals surface area (Å²) in [4.78, 5) is 14.4. The summed E-state index contributed by atoms with van der Waals surface area (Å²) >= 11 is 0. The van der Waals surface area contributed by atoms with E-state index < -0.39 is 24.2 Å². The van der Waals surface area contributed by atoms with Crippen LogP contribution in [0.15, 0.2) is 30.3 Å². The van der Waals surface area contributed by atoms with Gasteiger partial charge in [-0.3, -0.25) is 9.69 Å². The second kappa shape index (κ2) is 9.26. The summed E-state index contributed by atoms with van der Waals surface area (Å²) in [6.07, 6.45) is -1.15. The van der Waals surface area contributed by atoms with Crippen molar-refractivity contribution >= 4 is 18.3 Å². The zero-order valence-electron chi connectivity index (χ0n) is 15.2. The van der Waals surface area contributed by atoms with Gasteiger partial charge in [0.1, 0.15) is 6.04 Å². The first-order chi connectivity index (χ1) is 12.4. The molecule has 1 atom stereocenters. The van der Waals surface area contributed by atoms with Crippen LogP contribution in [-0.2, 0) is 10.2 Å². The monoisotopic (exact) mass is 405 g/mol. The van der Waals surface area contributed by atoms with Crippen molar-refractivity contribution in [1.82, 2.24) is 15.5 Å². The summed E-state index contributed by atoms with van der Waals surface area (Å²) in [6.45, 7) is 1.35. The number of hydrogen-bond donors (Lipinski definition) is 2. The lowest BCUT2D eigenvalue weighted by molar-refractivity contribution is -0.184. The van der Waals surface area contributed by atoms with Crippen LogP contribution in [-0.4, -0.2) is 55.7 Å². The van der Waals surface area contributed by atoms with Crippen LogP contribution in [0.1, 0.15) is 31.2 Å². The largest absolute Gasteiger partial charge is 0.405 e. The van der Waals surface area contributed by atoms with Crippen molar-refractivity contribution in [3.63, 3.8) is 0 Å². The van der Waals surface area contributed by atoms with E-state index in [2.05, 4.69) is 10.6 Å². The third kappa shape index (κ3) is 4.95. The Kier molecular flexibility index (Phi) is 7.54. The quantitative estimate of drug-likeness (QED) is 0.791. The number of carbonyl (C=O) groups excluding carboxylic acids is 1. The first kappa shape index (κ1) is 22.0. The molecule has 2 N–H and O–H groups in total. The number of rotatable bonds is 5. The van der Waals surface area contributed by atoms with Gasteiger partial charge in [-0.25, -0.2) is 0 Å². The van der Waals surface area contributed by atoms with E-state index >= 15 is 0 Å². The molecule has 2 aliphatic rings. The Morgan fingerprint density at radius 3 is 2.30 bits per heavy atom. The zero-order chi connectivity index (χ0) is 18.6. The highest BCUT2D eigenvalue weighted by molar-refractivity contribution is 5.88. The Labute approximate surface area is 164 Å². The number of alkyl halides is 3. The van der Waals surface area contributed by atoms with Gasteiger partial charge >= 0.3 is 6.18 Å². The summed E-state index contributed by atoms with van der Waals surface area (Å²) in [5, 5.41) is 5.71. The van der Waals surface area contributed by atoms with Gasteiger partial charge in [-0.1, -0.05) is 43.2 Å². The second-order valence-corrected chi connectivity index (χ2v) is 7.21. The van der Waals surface area contributed by atoms with Crippen molar-refractivity contribution in [2.75, 3.05) is 32.7 Å². The van der Waals surface area contributed by atoms with Crippen LogP contribution in [0.25, 0.3) is 0 Å². The maximum Gasteiger partial charge on any atom is 0.405 e. The van der Waals surface area contributed by atoms with E-state index in [1.54, 1.807) is 0 Å². The van der Waals surface area contributed by atoms with E-state index in [9.17, 15) is 18.0 Å². The Hall–Kier alpha value is -1.31. The number of benzene rings is 1. The highest BCUT2D eigenvalue weighted by atomic mass is 35.5. The third-order valence-corrected chi connectivity index (χ3v) is 5.64. The van der Waals surface area contributed by atoms with Crippen molar-refractivity contribution in [3.05, 3.63) is 35.9 Å². The van der Waals surface area contributed by atoms with Crippen LogP contribution in [0.3, 0.4) is 0 Å². The fourth-order valence-corrected chi connectivity index (χ4v) is 4.19.